The molecule has 124 valence electrons. The number of anilines is 1. The SMILES string of the molecule is CC(N)c1ccc(C2CCN(c3nc(Cl)ncc3C#N)CC2)cc1. The van der Waals surface area contributed by atoms with Crippen LogP contribution in [0.25, 0.3) is 0 Å². The third-order valence-corrected chi connectivity index (χ3v) is 4.77. The molecule has 3 rings (SSSR count). The second kappa shape index (κ2) is 7.16. The van der Waals surface area contributed by atoms with Crippen molar-refractivity contribution in [2.24, 2.45) is 5.73 Å². The molecule has 0 radical (unpaired) electrons. The number of aromatic nitrogens is 2. The topological polar surface area (TPSA) is 78.8 Å². The summed E-state index contributed by atoms with van der Waals surface area (Å²) in [7, 11) is 0. The molecular weight excluding hydrogens is 322 g/mol. The maximum Gasteiger partial charge on any atom is 0.224 e. The first kappa shape index (κ1) is 16.7. The van der Waals surface area contributed by atoms with Crippen LogP contribution in [0, 0.1) is 11.3 Å². The summed E-state index contributed by atoms with van der Waals surface area (Å²) >= 11 is 5.89. The Morgan fingerprint density at radius 3 is 2.54 bits per heavy atom. The number of nitriles is 1. The van der Waals surface area contributed by atoms with Crippen LogP contribution >= 0.6 is 11.6 Å². The standard InChI is InChI=1S/C18H20ClN5/c1-12(21)13-2-4-14(5-3-13)15-6-8-24(9-7-15)17-16(10-20)11-22-18(19)23-17/h2-5,11-12,15H,6-9,21H2,1H3. The first-order valence-corrected chi connectivity index (χ1v) is 8.49. The van der Waals surface area contributed by atoms with E-state index in [1.807, 2.05) is 6.92 Å². The number of rotatable bonds is 3. The van der Waals surface area contributed by atoms with Crippen molar-refractivity contribution in [3.8, 4) is 6.07 Å². The predicted octanol–water partition coefficient (Wildman–Crippen LogP) is 3.41. The minimum Gasteiger partial charge on any atom is -0.355 e. The number of piperidine rings is 1. The maximum absolute atomic E-state index is 9.23. The molecule has 2 N–H and O–H groups in total. The third-order valence-electron chi connectivity index (χ3n) is 4.59. The van der Waals surface area contributed by atoms with Crippen LogP contribution in [0.5, 0.6) is 0 Å². The Morgan fingerprint density at radius 1 is 1.29 bits per heavy atom. The van der Waals surface area contributed by atoms with Gasteiger partial charge in [0.25, 0.3) is 0 Å². The third kappa shape index (κ3) is 3.50. The molecular formula is C18H20ClN5. The predicted molar refractivity (Wildman–Crippen MR) is 95.0 cm³/mol. The molecule has 1 atom stereocenters. The number of halogens is 1. The van der Waals surface area contributed by atoms with E-state index in [9.17, 15) is 5.26 Å². The highest BCUT2D eigenvalue weighted by Gasteiger charge is 2.23. The van der Waals surface area contributed by atoms with Crippen LogP contribution in [0.15, 0.2) is 30.5 Å². The normalized spacial score (nSPS) is 16.7. The molecule has 0 bridgehead atoms. The van der Waals surface area contributed by atoms with E-state index < -0.39 is 0 Å². The summed E-state index contributed by atoms with van der Waals surface area (Å²) in [6.07, 6.45) is 3.53. The monoisotopic (exact) mass is 341 g/mol. The van der Waals surface area contributed by atoms with E-state index in [1.165, 1.54) is 11.8 Å². The molecule has 0 aliphatic carbocycles. The summed E-state index contributed by atoms with van der Waals surface area (Å²) in [6.45, 7) is 3.69. The lowest BCUT2D eigenvalue weighted by atomic mass is 9.88. The van der Waals surface area contributed by atoms with Crippen molar-refractivity contribution < 1.29 is 0 Å². The highest BCUT2D eigenvalue weighted by molar-refractivity contribution is 6.28. The van der Waals surface area contributed by atoms with Crippen LogP contribution in [0.3, 0.4) is 0 Å². The molecule has 6 heteroatoms. The highest BCUT2D eigenvalue weighted by Crippen LogP contribution is 2.31. The highest BCUT2D eigenvalue weighted by atomic mass is 35.5. The number of nitrogens with zero attached hydrogens (tertiary/aromatic N) is 4. The minimum atomic E-state index is 0.0628. The average molecular weight is 342 g/mol. The first-order chi connectivity index (χ1) is 11.6. The maximum atomic E-state index is 9.23. The van der Waals surface area contributed by atoms with E-state index in [1.54, 1.807) is 0 Å². The smallest absolute Gasteiger partial charge is 0.224 e. The Hall–Kier alpha value is -2.16. The van der Waals surface area contributed by atoms with Gasteiger partial charge in [-0.15, -0.1) is 0 Å². The van der Waals surface area contributed by atoms with Crippen molar-refractivity contribution >= 4 is 17.4 Å². The summed E-state index contributed by atoms with van der Waals surface area (Å²) in [5.41, 5.74) is 8.89. The van der Waals surface area contributed by atoms with Crippen LogP contribution in [0.4, 0.5) is 5.82 Å². The molecule has 1 fully saturated rings. The van der Waals surface area contributed by atoms with Crippen LogP contribution in [0.2, 0.25) is 5.28 Å². The Kier molecular flexibility index (Phi) is 4.98. The zero-order chi connectivity index (χ0) is 17.1. The number of hydrogen-bond acceptors (Lipinski definition) is 5. The van der Waals surface area contributed by atoms with E-state index >= 15 is 0 Å². The molecule has 1 aliphatic heterocycles. The van der Waals surface area contributed by atoms with Crippen molar-refractivity contribution in [3.63, 3.8) is 0 Å². The molecule has 0 saturated carbocycles. The van der Waals surface area contributed by atoms with E-state index in [4.69, 9.17) is 17.3 Å². The van der Waals surface area contributed by atoms with Gasteiger partial charge >= 0.3 is 0 Å². The molecule has 2 aromatic rings. The lowest BCUT2D eigenvalue weighted by Gasteiger charge is -2.33. The van der Waals surface area contributed by atoms with E-state index in [0.717, 1.165) is 31.5 Å². The largest absolute Gasteiger partial charge is 0.355 e. The van der Waals surface area contributed by atoms with Crippen molar-refractivity contribution in [2.45, 2.75) is 31.7 Å². The van der Waals surface area contributed by atoms with Gasteiger partial charge in [-0.3, -0.25) is 0 Å². The second-order valence-corrected chi connectivity index (χ2v) is 6.54. The summed E-state index contributed by atoms with van der Waals surface area (Å²) in [5.74, 6) is 1.16. The fourth-order valence-corrected chi connectivity index (χ4v) is 3.30. The van der Waals surface area contributed by atoms with E-state index in [0.29, 0.717) is 17.3 Å². The Balaban J connectivity index is 1.70. The number of hydrogen-bond donors (Lipinski definition) is 1. The average Bonchev–Trinajstić information content (AvgIpc) is 2.62. The van der Waals surface area contributed by atoms with Crippen LogP contribution in [-0.4, -0.2) is 23.1 Å². The van der Waals surface area contributed by atoms with Gasteiger partial charge in [-0.1, -0.05) is 24.3 Å². The molecule has 1 unspecified atom stereocenters. The quantitative estimate of drug-likeness (QED) is 0.865. The van der Waals surface area contributed by atoms with Crippen molar-refractivity contribution in [1.82, 2.24) is 9.97 Å². The molecule has 24 heavy (non-hydrogen) atoms. The first-order valence-electron chi connectivity index (χ1n) is 8.11. The van der Waals surface area contributed by atoms with Gasteiger partial charge in [0.05, 0.1) is 6.20 Å². The molecule has 1 aromatic heterocycles. The van der Waals surface area contributed by atoms with Crippen molar-refractivity contribution in [1.29, 1.82) is 5.26 Å². The summed E-state index contributed by atoms with van der Waals surface area (Å²) in [5, 5.41) is 9.41. The molecule has 0 spiro atoms. The van der Waals surface area contributed by atoms with Gasteiger partial charge in [0.15, 0.2) is 5.82 Å². The van der Waals surface area contributed by atoms with Gasteiger partial charge < -0.3 is 10.6 Å². The fourth-order valence-electron chi connectivity index (χ4n) is 3.17. The Bertz CT molecular complexity index is 743. The Morgan fingerprint density at radius 2 is 1.96 bits per heavy atom. The fraction of sp³-hybridized carbons (Fsp3) is 0.389. The van der Waals surface area contributed by atoms with Gasteiger partial charge in [0.2, 0.25) is 5.28 Å². The molecule has 2 heterocycles. The van der Waals surface area contributed by atoms with Gasteiger partial charge in [0.1, 0.15) is 11.6 Å². The number of nitrogens with two attached hydrogens (primary N) is 1. The molecule has 1 aliphatic rings. The van der Waals surface area contributed by atoms with Gasteiger partial charge in [-0.05, 0) is 48.4 Å². The molecule has 0 amide bonds. The van der Waals surface area contributed by atoms with Crippen molar-refractivity contribution in [3.05, 3.63) is 52.4 Å². The van der Waals surface area contributed by atoms with E-state index in [-0.39, 0.29) is 11.3 Å². The lowest BCUT2D eigenvalue weighted by Crippen LogP contribution is -2.34. The molecule has 1 saturated heterocycles. The summed E-state index contributed by atoms with van der Waals surface area (Å²) < 4.78 is 0. The second-order valence-electron chi connectivity index (χ2n) is 6.20. The van der Waals surface area contributed by atoms with Crippen LogP contribution in [-0.2, 0) is 0 Å². The summed E-state index contributed by atoms with van der Waals surface area (Å²) in [6, 6.07) is 10.8. The minimum absolute atomic E-state index is 0.0628. The zero-order valence-corrected chi connectivity index (χ0v) is 14.4. The summed E-state index contributed by atoms with van der Waals surface area (Å²) in [4.78, 5) is 10.2. The lowest BCUT2D eigenvalue weighted by molar-refractivity contribution is 0.502. The van der Waals surface area contributed by atoms with Gasteiger partial charge in [-0.2, -0.15) is 10.2 Å². The zero-order valence-electron chi connectivity index (χ0n) is 13.6. The van der Waals surface area contributed by atoms with Crippen molar-refractivity contribution in [2.75, 3.05) is 18.0 Å². The van der Waals surface area contributed by atoms with Crippen LogP contribution < -0.4 is 10.6 Å². The Labute approximate surface area is 147 Å². The molecule has 5 nitrogen and oxygen atoms in total. The molecule has 1 aromatic carbocycles. The van der Waals surface area contributed by atoms with Gasteiger partial charge in [-0.25, -0.2) is 4.98 Å². The number of benzene rings is 1. The van der Waals surface area contributed by atoms with Crippen LogP contribution in [0.1, 0.15) is 48.4 Å². The van der Waals surface area contributed by atoms with Gasteiger partial charge in [0, 0.05) is 19.1 Å². The van der Waals surface area contributed by atoms with E-state index in [2.05, 4.69) is 45.2 Å².